The first-order valence-electron chi connectivity index (χ1n) is 9.60. The van der Waals surface area contributed by atoms with Crippen LogP contribution in [0.25, 0.3) is 0 Å². The summed E-state index contributed by atoms with van der Waals surface area (Å²) in [6, 6.07) is 16.7. The van der Waals surface area contributed by atoms with E-state index in [4.69, 9.17) is 4.74 Å². The summed E-state index contributed by atoms with van der Waals surface area (Å²) in [6.45, 7) is 2.85. The van der Waals surface area contributed by atoms with Crippen molar-refractivity contribution in [2.45, 2.75) is 30.8 Å². The highest BCUT2D eigenvalue weighted by atomic mass is 32.2. The van der Waals surface area contributed by atoms with Crippen molar-refractivity contribution >= 4 is 15.7 Å². The van der Waals surface area contributed by atoms with Gasteiger partial charge >= 0.3 is 0 Å². The van der Waals surface area contributed by atoms with E-state index in [0.29, 0.717) is 18.9 Å². The summed E-state index contributed by atoms with van der Waals surface area (Å²) >= 11 is 0. The summed E-state index contributed by atoms with van der Waals surface area (Å²) in [5.41, 5.74) is 2.02. The Morgan fingerprint density at radius 2 is 1.64 bits per heavy atom. The van der Waals surface area contributed by atoms with Gasteiger partial charge in [-0.25, -0.2) is 8.42 Å². The summed E-state index contributed by atoms with van der Waals surface area (Å²) in [4.78, 5) is 14.7. The SMILES string of the molecule is CS(=O)(=O)c1ccc(CC(=O)N2CCC(COCc3ccccc3)CC2)cc1. The molecule has 0 unspecified atom stereocenters. The van der Waals surface area contributed by atoms with E-state index >= 15 is 0 Å². The molecule has 0 saturated carbocycles. The monoisotopic (exact) mass is 401 g/mol. The second-order valence-corrected chi connectivity index (χ2v) is 9.43. The van der Waals surface area contributed by atoms with Gasteiger partial charge in [-0.3, -0.25) is 4.79 Å². The number of carbonyl (C=O) groups excluding carboxylic acids is 1. The molecule has 1 aliphatic rings. The first-order valence-corrected chi connectivity index (χ1v) is 11.5. The summed E-state index contributed by atoms with van der Waals surface area (Å²) in [5.74, 6) is 0.581. The molecular formula is C22H27NO4S. The lowest BCUT2D eigenvalue weighted by molar-refractivity contribution is -0.132. The number of hydrogen-bond acceptors (Lipinski definition) is 4. The van der Waals surface area contributed by atoms with E-state index in [2.05, 4.69) is 12.1 Å². The molecule has 2 aromatic carbocycles. The zero-order chi connectivity index (χ0) is 20.0. The first kappa shape index (κ1) is 20.6. The molecule has 3 rings (SSSR count). The number of amides is 1. The Morgan fingerprint density at radius 1 is 1.00 bits per heavy atom. The van der Waals surface area contributed by atoms with E-state index in [0.717, 1.165) is 38.1 Å². The number of nitrogens with zero attached hydrogens (tertiary/aromatic N) is 1. The minimum Gasteiger partial charge on any atom is -0.376 e. The molecule has 1 fully saturated rings. The Morgan fingerprint density at radius 3 is 2.25 bits per heavy atom. The molecule has 1 amide bonds. The number of piperidine rings is 1. The maximum atomic E-state index is 12.5. The van der Waals surface area contributed by atoms with E-state index < -0.39 is 9.84 Å². The van der Waals surface area contributed by atoms with Crippen molar-refractivity contribution < 1.29 is 17.9 Å². The van der Waals surface area contributed by atoms with Gasteiger partial charge in [0.15, 0.2) is 9.84 Å². The number of carbonyl (C=O) groups is 1. The van der Waals surface area contributed by atoms with Crippen LogP contribution in [0.3, 0.4) is 0 Å². The summed E-state index contributed by atoms with van der Waals surface area (Å²) in [5, 5.41) is 0. The molecule has 0 aliphatic carbocycles. The van der Waals surface area contributed by atoms with E-state index in [1.807, 2.05) is 23.1 Å². The van der Waals surface area contributed by atoms with Crippen LogP contribution in [0.1, 0.15) is 24.0 Å². The third-order valence-corrected chi connectivity index (χ3v) is 6.27. The van der Waals surface area contributed by atoms with Gasteiger partial charge < -0.3 is 9.64 Å². The van der Waals surface area contributed by atoms with Crippen LogP contribution in [-0.2, 0) is 32.4 Å². The molecule has 0 aromatic heterocycles. The topological polar surface area (TPSA) is 63.7 Å². The smallest absolute Gasteiger partial charge is 0.226 e. The van der Waals surface area contributed by atoms with E-state index in [1.54, 1.807) is 24.3 Å². The van der Waals surface area contributed by atoms with Crippen LogP contribution in [-0.4, -0.2) is 45.2 Å². The Labute approximate surface area is 167 Å². The predicted octanol–water partition coefficient (Wildman–Crippen LogP) is 3.09. The molecule has 0 atom stereocenters. The molecule has 0 spiro atoms. The number of ether oxygens (including phenoxy) is 1. The quantitative estimate of drug-likeness (QED) is 0.715. The molecule has 2 aromatic rings. The molecule has 0 radical (unpaired) electrons. The van der Waals surface area contributed by atoms with E-state index in [-0.39, 0.29) is 10.8 Å². The molecule has 5 nitrogen and oxygen atoms in total. The Bertz CT molecular complexity index is 871. The third-order valence-electron chi connectivity index (χ3n) is 5.14. The molecule has 1 aliphatic heterocycles. The molecular weight excluding hydrogens is 374 g/mol. The van der Waals surface area contributed by atoms with Crippen molar-refractivity contribution in [3.63, 3.8) is 0 Å². The van der Waals surface area contributed by atoms with Crippen LogP contribution in [0.15, 0.2) is 59.5 Å². The summed E-state index contributed by atoms with van der Waals surface area (Å²) < 4.78 is 28.9. The van der Waals surface area contributed by atoms with Gasteiger partial charge in [0.1, 0.15) is 0 Å². The van der Waals surface area contributed by atoms with E-state index in [9.17, 15) is 13.2 Å². The number of likely N-dealkylation sites (tertiary alicyclic amines) is 1. The van der Waals surface area contributed by atoms with Crippen molar-refractivity contribution in [3.05, 3.63) is 65.7 Å². The normalized spacial score (nSPS) is 15.5. The maximum Gasteiger partial charge on any atom is 0.226 e. The Hall–Kier alpha value is -2.18. The Balaban J connectivity index is 1.41. The lowest BCUT2D eigenvalue weighted by Gasteiger charge is -2.32. The fraction of sp³-hybridized carbons (Fsp3) is 0.409. The van der Waals surface area contributed by atoms with Gasteiger partial charge in [0.25, 0.3) is 0 Å². The van der Waals surface area contributed by atoms with E-state index in [1.165, 1.54) is 11.8 Å². The number of sulfone groups is 1. The van der Waals surface area contributed by atoms with Crippen molar-refractivity contribution in [2.75, 3.05) is 26.0 Å². The van der Waals surface area contributed by atoms with Crippen LogP contribution in [0.4, 0.5) is 0 Å². The van der Waals surface area contributed by atoms with Gasteiger partial charge in [-0.2, -0.15) is 0 Å². The molecule has 1 heterocycles. The lowest BCUT2D eigenvalue weighted by atomic mass is 9.97. The average molecular weight is 402 g/mol. The Kier molecular flexibility index (Phi) is 6.86. The molecule has 0 N–H and O–H groups in total. The second-order valence-electron chi connectivity index (χ2n) is 7.42. The van der Waals surface area contributed by atoms with Crippen molar-refractivity contribution in [1.82, 2.24) is 4.90 Å². The first-order chi connectivity index (χ1) is 13.4. The number of rotatable bonds is 7. The fourth-order valence-corrected chi connectivity index (χ4v) is 4.04. The highest BCUT2D eigenvalue weighted by Crippen LogP contribution is 2.19. The molecule has 0 bridgehead atoms. The van der Waals surface area contributed by atoms with Crippen LogP contribution in [0.5, 0.6) is 0 Å². The predicted molar refractivity (Wildman–Crippen MR) is 109 cm³/mol. The average Bonchev–Trinajstić information content (AvgIpc) is 2.69. The molecule has 6 heteroatoms. The van der Waals surface area contributed by atoms with Crippen LogP contribution in [0, 0.1) is 5.92 Å². The number of hydrogen-bond donors (Lipinski definition) is 0. The second kappa shape index (κ2) is 9.34. The zero-order valence-electron chi connectivity index (χ0n) is 16.2. The molecule has 28 heavy (non-hydrogen) atoms. The van der Waals surface area contributed by atoms with Crippen molar-refractivity contribution in [1.29, 1.82) is 0 Å². The van der Waals surface area contributed by atoms with Gasteiger partial charge in [-0.1, -0.05) is 42.5 Å². The van der Waals surface area contributed by atoms with Crippen LogP contribution >= 0.6 is 0 Å². The zero-order valence-corrected chi connectivity index (χ0v) is 17.0. The minimum absolute atomic E-state index is 0.0933. The van der Waals surface area contributed by atoms with Crippen LogP contribution in [0.2, 0.25) is 0 Å². The standard InChI is InChI=1S/C22H27NO4S/c1-28(25,26)21-9-7-18(8-10-21)15-22(24)23-13-11-20(12-14-23)17-27-16-19-5-3-2-4-6-19/h2-10,20H,11-17H2,1H3. The van der Waals surface area contributed by atoms with Gasteiger partial charge in [0, 0.05) is 26.0 Å². The lowest BCUT2D eigenvalue weighted by Crippen LogP contribution is -2.40. The minimum atomic E-state index is -3.21. The largest absolute Gasteiger partial charge is 0.376 e. The molecule has 1 saturated heterocycles. The van der Waals surface area contributed by atoms with Gasteiger partial charge in [0.2, 0.25) is 5.91 Å². The highest BCUT2D eigenvalue weighted by molar-refractivity contribution is 7.90. The van der Waals surface area contributed by atoms with Crippen LogP contribution < -0.4 is 0 Å². The highest BCUT2D eigenvalue weighted by Gasteiger charge is 2.23. The number of benzene rings is 2. The van der Waals surface area contributed by atoms with Gasteiger partial charge in [-0.15, -0.1) is 0 Å². The fourth-order valence-electron chi connectivity index (χ4n) is 3.41. The van der Waals surface area contributed by atoms with Gasteiger partial charge in [0.05, 0.1) is 17.9 Å². The maximum absolute atomic E-state index is 12.5. The third kappa shape index (κ3) is 5.91. The molecule has 150 valence electrons. The van der Waals surface area contributed by atoms with Crippen molar-refractivity contribution in [3.8, 4) is 0 Å². The van der Waals surface area contributed by atoms with Crippen molar-refractivity contribution in [2.24, 2.45) is 5.92 Å². The van der Waals surface area contributed by atoms with Gasteiger partial charge in [-0.05, 0) is 42.0 Å². The summed E-state index contributed by atoms with van der Waals surface area (Å²) in [7, 11) is -3.21. The summed E-state index contributed by atoms with van der Waals surface area (Å²) in [6.07, 6.45) is 3.39.